The summed E-state index contributed by atoms with van der Waals surface area (Å²) in [5.74, 6) is -0.0532. The second-order valence-electron chi connectivity index (χ2n) is 6.69. The van der Waals surface area contributed by atoms with Gasteiger partial charge in [-0.25, -0.2) is 4.79 Å². The molecular weight excluding hydrogens is 320 g/mol. The fourth-order valence-electron chi connectivity index (χ4n) is 2.98. The molecule has 2 heterocycles. The largest absolute Gasteiger partial charge is 0.379 e. The van der Waals surface area contributed by atoms with E-state index in [-0.39, 0.29) is 18.1 Å². The predicted octanol–water partition coefficient (Wildman–Crippen LogP) is 1.80. The molecule has 2 N–H and O–H groups in total. The summed E-state index contributed by atoms with van der Waals surface area (Å²) in [5, 5.41) is 0. The monoisotopic (exact) mass is 348 g/mol. The maximum absolute atomic E-state index is 12.6. The molecular formula is C18H28N4O3. The van der Waals surface area contributed by atoms with E-state index in [9.17, 15) is 9.59 Å². The minimum Gasteiger partial charge on any atom is -0.379 e. The lowest BCUT2D eigenvalue weighted by Gasteiger charge is -2.27. The number of pyridine rings is 1. The van der Waals surface area contributed by atoms with E-state index in [1.54, 1.807) is 22.1 Å². The van der Waals surface area contributed by atoms with Gasteiger partial charge in [0, 0.05) is 38.1 Å². The van der Waals surface area contributed by atoms with E-state index >= 15 is 0 Å². The first-order chi connectivity index (χ1) is 11.9. The van der Waals surface area contributed by atoms with Gasteiger partial charge in [0.1, 0.15) is 0 Å². The van der Waals surface area contributed by atoms with Crippen molar-refractivity contribution in [2.75, 3.05) is 26.2 Å². The van der Waals surface area contributed by atoms with Crippen LogP contribution in [0.15, 0.2) is 18.3 Å². The number of aryl methyl sites for hydroxylation is 1. The van der Waals surface area contributed by atoms with Crippen LogP contribution in [0, 0.1) is 6.92 Å². The van der Waals surface area contributed by atoms with Crippen molar-refractivity contribution in [3.63, 3.8) is 0 Å². The van der Waals surface area contributed by atoms with E-state index in [1.165, 1.54) is 0 Å². The van der Waals surface area contributed by atoms with Crippen LogP contribution < -0.4 is 5.73 Å². The van der Waals surface area contributed by atoms with Crippen LogP contribution in [0.3, 0.4) is 0 Å². The van der Waals surface area contributed by atoms with Gasteiger partial charge in [-0.15, -0.1) is 0 Å². The Morgan fingerprint density at radius 2 is 2.20 bits per heavy atom. The third kappa shape index (κ3) is 5.42. The number of rotatable bonds is 7. The molecule has 1 aromatic heterocycles. The molecule has 25 heavy (non-hydrogen) atoms. The number of amides is 3. The van der Waals surface area contributed by atoms with Gasteiger partial charge in [-0.2, -0.15) is 0 Å². The van der Waals surface area contributed by atoms with E-state index in [2.05, 4.69) is 4.98 Å². The highest BCUT2D eigenvalue weighted by Gasteiger charge is 2.32. The fraction of sp³-hybridized carbons (Fsp3) is 0.611. The molecule has 0 saturated carbocycles. The van der Waals surface area contributed by atoms with Gasteiger partial charge in [0.05, 0.1) is 17.7 Å². The Labute approximate surface area is 149 Å². The summed E-state index contributed by atoms with van der Waals surface area (Å²) in [5.41, 5.74) is 6.99. The van der Waals surface area contributed by atoms with Gasteiger partial charge in [0.15, 0.2) is 0 Å². The van der Waals surface area contributed by atoms with Crippen molar-refractivity contribution in [1.82, 2.24) is 14.8 Å². The minimum absolute atomic E-state index is 0.0427. The normalized spacial score (nSPS) is 17.1. The van der Waals surface area contributed by atoms with Crippen LogP contribution in [0.25, 0.3) is 0 Å². The Bertz CT molecular complexity index is 588. The van der Waals surface area contributed by atoms with Gasteiger partial charge in [-0.3, -0.25) is 9.78 Å². The van der Waals surface area contributed by atoms with Crippen molar-refractivity contribution < 1.29 is 14.3 Å². The average Bonchev–Trinajstić information content (AvgIpc) is 3.03. The van der Waals surface area contributed by atoms with Crippen LogP contribution in [0.2, 0.25) is 0 Å². The third-order valence-corrected chi connectivity index (χ3v) is 4.33. The van der Waals surface area contributed by atoms with Crippen molar-refractivity contribution >= 4 is 11.9 Å². The molecule has 0 aromatic carbocycles. The number of urea groups is 1. The smallest absolute Gasteiger partial charge is 0.315 e. The molecule has 0 spiro atoms. The van der Waals surface area contributed by atoms with E-state index < -0.39 is 6.03 Å². The molecule has 2 rings (SSSR count). The summed E-state index contributed by atoms with van der Waals surface area (Å²) < 4.78 is 5.51. The summed E-state index contributed by atoms with van der Waals surface area (Å²) in [6, 6.07) is 3.12. The summed E-state index contributed by atoms with van der Waals surface area (Å²) in [7, 11) is 0. The number of hydrogen-bond acceptors (Lipinski definition) is 4. The molecule has 138 valence electrons. The van der Waals surface area contributed by atoms with Crippen molar-refractivity contribution in [1.29, 1.82) is 0 Å². The molecule has 7 heteroatoms. The maximum Gasteiger partial charge on any atom is 0.315 e. The molecule has 1 fully saturated rings. The Kier molecular flexibility index (Phi) is 6.75. The first-order valence-corrected chi connectivity index (χ1v) is 8.78. The quantitative estimate of drug-likeness (QED) is 0.761. The van der Waals surface area contributed by atoms with Crippen LogP contribution >= 0.6 is 0 Å². The molecule has 1 aliphatic rings. The number of nitrogens with zero attached hydrogens (tertiary/aromatic N) is 3. The highest BCUT2D eigenvalue weighted by Crippen LogP contribution is 2.18. The number of likely N-dealkylation sites (tertiary alicyclic amines) is 1. The molecule has 3 amide bonds. The average molecular weight is 348 g/mol. The number of carbonyl (C=O) groups is 2. The number of aromatic nitrogens is 1. The molecule has 1 aromatic rings. The van der Waals surface area contributed by atoms with Gasteiger partial charge in [-0.1, -0.05) is 0 Å². The lowest BCUT2D eigenvalue weighted by molar-refractivity contribution is 0.0691. The maximum atomic E-state index is 12.6. The van der Waals surface area contributed by atoms with Gasteiger partial charge in [0.25, 0.3) is 5.91 Å². The number of nitrogens with two attached hydrogens (primary N) is 1. The number of primary amides is 1. The molecule has 1 aliphatic heterocycles. The molecule has 0 unspecified atom stereocenters. The molecule has 7 nitrogen and oxygen atoms in total. The molecule has 0 bridgehead atoms. The molecule has 1 atom stereocenters. The Hall–Kier alpha value is -2.15. The lowest BCUT2D eigenvalue weighted by atomic mass is 10.2. The molecule has 0 aliphatic carbocycles. The zero-order chi connectivity index (χ0) is 18.4. The SMILES string of the molecule is Cc1ccc(C(=O)N2CC[C@@H](N(CCCOC(C)C)C(N)=O)C2)cn1. The Balaban J connectivity index is 1.90. The van der Waals surface area contributed by atoms with Crippen molar-refractivity contribution in [2.45, 2.75) is 45.8 Å². The summed E-state index contributed by atoms with van der Waals surface area (Å²) >= 11 is 0. The van der Waals surface area contributed by atoms with Crippen molar-refractivity contribution in [2.24, 2.45) is 5.73 Å². The van der Waals surface area contributed by atoms with Crippen LogP contribution in [0.5, 0.6) is 0 Å². The Morgan fingerprint density at radius 3 is 2.80 bits per heavy atom. The second kappa shape index (κ2) is 8.80. The van der Waals surface area contributed by atoms with Crippen LogP contribution in [0.1, 0.15) is 42.7 Å². The molecule has 1 saturated heterocycles. The standard InChI is InChI=1S/C18H28N4O3/c1-13(2)25-10-4-8-22(18(19)24)16-7-9-21(12-16)17(23)15-6-5-14(3)20-11-15/h5-6,11,13,16H,4,7-10,12H2,1-3H3,(H2,19,24)/t16-/m1/s1. The van der Waals surface area contributed by atoms with Crippen molar-refractivity contribution in [3.05, 3.63) is 29.6 Å². The van der Waals surface area contributed by atoms with Gasteiger partial charge >= 0.3 is 6.03 Å². The van der Waals surface area contributed by atoms with E-state index in [4.69, 9.17) is 10.5 Å². The van der Waals surface area contributed by atoms with Gasteiger partial charge in [0.2, 0.25) is 0 Å². The molecule has 0 radical (unpaired) electrons. The summed E-state index contributed by atoms with van der Waals surface area (Å²) in [6.07, 6.45) is 3.23. The van der Waals surface area contributed by atoms with E-state index in [1.807, 2.05) is 26.8 Å². The van der Waals surface area contributed by atoms with Gasteiger partial charge < -0.3 is 20.3 Å². The number of hydrogen-bond donors (Lipinski definition) is 1. The van der Waals surface area contributed by atoms with Crippen LogP contribution in [-0.4, -0.2) is 65.1 Å². The fourth-order valence-corrected chi connectivity index (χ4v) is 2.98. The van der Waals surface area contributed by atoms with Crippen molar-refractivity contribution in [3.8, 4) is 0 Å². The first-order valence-electron chi connectivity index (χ1n) is 8.78. The highest BCUT2D eigenvalue weighted by molar-refractivity contribution is 5.94. The van der Waals surface area contributed by atoms with E-state index in [0.717, 1.165) is 18.5 Å². The second-order valence-corrected chi connectivity index (χ2v) is 6.69. The summed E-state index contributed by atoms with van der Waals surface area (Å²) in [6.45, 7) is 8.09. The topological polar surface area (TPSA) is 88.8 Å². The zero-order valence-electron chi connectivity index (χ0n) is 15.3. The predicted molar refractivity (Wildman–Crippen MR) is 95.3 cm³/mol. The minimum atomic E-state index is -0.444. The first kappa shape index (κ1) is 19.2. The zero-order valence-corrected chi connectivity index (χ0v) is 15.3. The number of carbonyl (C=O) groups excluding carboxylic acids is 2. The Morgan fingerprint density at radius 1 is 1.44 bits per heavy atom. The summed E-state index contributed by atoms with van der Waals surface area (Å²) in [4.78, 5) is 31.9. The lowest BCUT2D eigenvalue weighted by Crippen LogP contribution is -2.46. The van der Waals surface area contributed by atoms with E-state index in [0.29, 0.717) is 31.8 Å². The van der Waals surface area contributed by atoms with Gasteiger partial charge in [-0.05, 0) is 45.7 Å². The number of ether oxygens (including phenoxy) is 1. The van der Waals surface area contributed by atoms with Crippen LogP contribution in [-0.2, 0) is 4.74 Å². The van der Waals surface area contributed by atoms with Crippen LogP contribution in [0.4, 0.5) is 4.79 Å². The third-order valence-electron chi connectivity index (χ3n) is 4.33. The highest BCUT2D eigenvalue weighted by atomic mass is 16.5.